The Labute approximate surface area is 116 Å². The lowest BCUT2D eigenvalue weighted by Crippen LogP contribution is -2.32. The van der Waals surface area contributed by atoms with Crippen molar-refractivity contribution in [1.29, 1.82) is 0 Å². The quantitative estimate of drug-likeness (QED) is 0.873. The number of anilines is 1. The number of amides is 2. The first-order chi connectivity index (χ1) is 9.63. The predicted molar refractivity (Wildman–Crippen MR) is 73.2 cm³/mol. The molecule has 2 aromatic rings. The summed E-state index contributed by atoms with van der Waals surface area (Å²) >= 11 is 0. The number of hydrogen-bond acceptors (Lipinski definition) is 4. The minimum absolute atomic E-state index is 0.0667. The number of carbonyl (C=O) groups excluding carboxylic acids is 1. The van der Waals surface area contributed by atoms with Crippen LogP contribution in [-0.4, -0.2) is 25.6 Å². The second kappa shape index (κ2) is 4.92. The maximum Gasteiger partial charge on any atom is 0.320 e. The van der Waals surface area contributed by atoms with E-state index in [2.05, 4.69) is 37.1 Å². The lowest BCUT2D eigenvalue weighted by Gasteiger charge is -2.12. The molecule has 3 heterocycles. The number of imidazole rings is 1. The van der Waals surface area contributed by atoms with Crippen molar-refractivity contribution in [2.75, 3.05) is 5.32 Å². The SMILES string of the molecule is Cc1nccc(NC(=O)NC2CC(C)n3ccnc32)n1. The van der Waals surface area contributed by atoms with Crippen molar-refractivity contribution < 1.29 is 4.79 Å². The fourth-order valence-corrected chi connectivity index (χ4v) is 2.49. The van der Waals surface area contributed by atoms with Gasteiger partial charge < -0.3 is 9.88 Å². The minimum atomic E-state index is -0.281. The summed E-state index contributed by atoms with van der Waals surface area (Å²) in [4.78, 5) is 24.4. The topological polar surface area (TPSA) is 84.7 Å². The van der Waals surface area contributed by atoms with Crippen LogP contribution >= 0.6 is 0 Å². The molecule has 104 valence electrons. The normalized spacial score (nSPS) is 20.5. The van der Waals surface area contributed by atoms with Crippen LogP contribution in [0.5, 0.6) is 0 Å². The largest absolute Gasteiger partial charge is 0.330 e. The van der Waals surface area contributed by atoms with E-state index in [-0.39, 0.29) is 12.1 Å². The highest BCUT2D eigenvalue weighted by atomic mass is 16.2. The molecule has 0 radical (unpaired) electrons. The van der Waals surface area contributed by atoms with Gasteiger partial charge in [-0.15, -0.1) is 0 Å². The summed E-state index contributed by atoms with van der Waals surface area (Å²) in [6, 6.07) is 1.66. The molecule has 1 aliphatic heterocycles. The van der Waals surface area contributed by atoms with E-state index in [1.165, 1.54) is 0 Å². The zero-order valence-corrected chi connectivity index (χ0v) is 11.4. The van der Waals surface area contributed by atoms with Gasteiger partial charge in [0.1, 0.15) is 17.5 Å². The lowest BCUT2D eigenvalue weighted by molar-refractivity contribution is 0.248. The van der Waals surface area contributed by atoms with Crippen molar-refractivity contribution in [1.82, 2.24) is 24.8 Å². The third-order valence-corrected chi connectivity index (χ3v) is 3.38. The van der Waals surface area contributed by atoms with E-state index in [0.29, 0.717) is 17.7 Å². The minimum Gasteiger partial charge on any atom is -0.330 e. The molecule has 2 unspecified atom stereocenters. The van der Waals surface area contributed by atoms with Crippen LogP contribution in [0, 0.1) is 6.92 Å². The average Bonchev–Trinajstić information content (AvgIpc) is 2.95. The molecule has 7 heteroatoms. The van der Waals surface area contributed by atoms with Gasteiger partial charge in [-0.05, 0) is 26.3 Å². The van der Waals surface area contributed by atoms with E-state index in [0.717, 1.165) is 12.2 Å². The maximum absolute atomic E-state index is 12.0. The van der Waals surface area contributed by atoms with E-state index >= 15 is 0 Å². The highest BCUT2D eigenvalue weighted by molar-refractivity contribution is 5.88. The van der Waals surface area contributed by atoms with Gasteiger partial charge in [-0.25, -0.2) is 19.7 Å². The molecular weight excluding hydrogens is 256 g/mol. The van der Waals surface area contributed by atoms with Gasteiger partial charge in [0.15, 0.2) is 0 Å². The number of aryl methyl sites for hydroxylation is 1. The van der Waals surface area contributed by atoms with Crippen molar-refractivity contribution >= 4 is 11.8 Å². The highest BCUT2D eigenvalue weighted by Gasteiger charge is 2.30. The molecular formula is C13H16N6O. The predicted octanol–water partition coefficient (Wildman–Crippen LogP) is 1.81. The molecule has 0 aliphatic carbocycles. The zero-order chi connectivity index (χ0) is 14.1. The Morgan fingerprint density at radius 3 is 3.05 bits per heavy atom. The summed E-state index contributed by atoms with van der Waals surface area (Å²) in [5.41, 5.74) is 0. The second-order valence-corrected chi connectivity index (χ2v) is 4.92. The number of nitrogens with zero attached hydrogens (tertiary/aromatic N) is 4. The molecule has 3 rings (SSSR count). The van der Waals surface area contributed by atoms with E-state index in [1.807, 2.05) is 6.20 Å². The number of fused-ring (bicyclic) bond motifs is 1. The zero-order valence-electron chi connectivity index (χ0n) is 11.4. The highest BCUT2D eigenvalue weighted by Crippen LogP contribution is 2.32. The second-order valence-electron chi connectivity index (χ2n) is 4.92. The van der Waals surface area contributed by atoms with Gasteiger partial charge in [0.05, 0.1) is 6.04 Å². The van der Waals surface area contributed by atoms with Gasteiger partial charge in [-0.1, -0.05) is 0 Å². The summed E-state index contributed by atoms with van der Waals surface area (Å²) in [5, 5.41) is 5.64. The van der Waals surface area contributed by atoms with Gasteiger partial charge in [0, 0.05) is 24.6 Å². The monoisotopic (exact) mass is 272 g/mol. The summed E-state index contributed by atoms with van der Waals surface area (Å²) in [7, 11) is 0. The molecule has 7 nitrogen and oxygen atoms in total. The molecule has 2 N–H and O–H groups in total. The van der Waals surface area contributed by atoms with E-state index in [9.17, 15) is 4.79 Å². The number of aromatic nitrogens is 4. The summed E-state index contributed by atoms with van der Waals surface area (Å²) < 4.78 is 2.08. The third kappa shape index (κ3) is 2.34. The molecule has 2 aromatic heterocycles. The van der Waals surface area contributed by atoms with Gasteiger partial charge in [0.25, 0.3) is 0 Å². The first-order valence-corrected chi connectivity index (χ1v) is 6.53. The van der Waals surface area contributed by atoms with E-state index in [1.54, 1.807) is 25.4 Å². The Kier molecular flexibility index (Phi) is 3.09. The summed E-state index contributed by atoms with van der Waals surface area (Å²) in [6.07, 6.45) is 6.15. The molecule has 2 atom stereocenters. The fraction of sp³-hybridized carbons (Fsp3) is 0.385. The van der Waals surface area contributed by atoms with E-state index in [4.69, 9.17) is 0 Å². The maximum atomic E-state index is 12.0. The van der Waals surface area contributed by atoms with Crippen LogP contribution in [0.1, 0.15) is 37.1 Å². The van der Waals surface area contributed by atoms with Crippen molar-refractivity contribution in [3.8, 4) is 0 Å². The average molecular weight is 272 g/mol. The lowest BCUT2D eigenvalue weighted by atomic mass is 10.2. The Hall–Kier alpha value is -2.44. The van der Waals surface area contributed by atoms with Crippen molar-refractivity contribution in [2.24, 2.45) is 0 Å². The Morgan fingerprint density at radius 1 is 1.40 bits per heavy atom. The number of hydrogen-bond donors (Lipinski definition) is 2. The van der Waals surface area contributed by atoms with Crippen LogP contribution in [0.3, 0.4) is 0 Å². The number of carbonyl (C=O) groups is 1. The van der Waals surface area contributed by atoms with Gasteiger partial charge in [0.2, 0.25) is 0 Å². The molecule has 0 saturated carbocycles. The Balaban J connectivity index is 1.66. The Morgan fingerprint density at radius 2 is 2.25 bits per heavy atom. The summed E-state index contributed by atoms with van der Waals surface area (Å²) in [6.45, 7) is 3.89. The number of rotatable bonds is 2. The van der Waals surface area contributed by atoms with Gasteiger partial charge in [-0.2, -0.15) is 0 Å². The van der Waals surface area contributed by atoms with Crippen molar-refractivity contribution in [3.05, 3.63) is 36.3 Å². The molecule has 1 aliphatic rings. The first-order valence-electron chi connectivity index (χ1n) is 6.53. The van der Waals surface area contributed by atoms with Crippen LogP contribution in [0.4, 0.5) is 10.6 Å². The van der Waals surface area contributed by atoms with Crippen LogP contribution in [0.15, 0.2) is 24.7 Å². The number of nitrogens with one attached hydrogen (secondary N) is 2. The van der Waals surface area contributed by atoms with Crippen LogP contribution in [0.25, 0.3) is 0 Å². The van der Waals surface area contributed by atoms with Crippen LogP contribution in [0.2, 0.25) is 0 Å². The first kappa shape index (κ1) is 12.6. The molecule has 0 aromatic carbocycles. The van der Waals surface area contributed by atoms with Crippen molar-refractivity contribution in [3.63, 3.8) is 0 Å². The molecule has 20 heavy (non-hydrogen) atoms. The smallest absolute Gasteiger partial charge is 0.320 e. The standard InChI is InChI=1S/C13H16N6O/c1-8-7-10(12-15-5-6-19(8)12)17-13(20)18-11-3-4-14-9(2)16-11/h3-6,8,10H,7H2,1-2H3,(H2,14,16,17,18,20). The van der Waals surface area contributed by atoms with Crippen molar-refractivity contribution in [2.45, 2.75) is 32.4 Å². The Bertz CT molecular complexity index is 637. The fourth-order valence-electron chi connectivity index (χ4n) is 2.49. The number of urea groups is 1. The molecule has 0 fully saturated rings. The molecule has 0 spiro atoms. The molecule has 0 saturated heterocycles. The summed E-state index contributed by atoms with van der Waals surface area (Å²) in [5.74, 6) is 2.00. The molecule has 0 bridgehead atoms. The third-order valence-electron chi connectivity index (χ3n) is 3.38. The van der Waals surface area contributed by atoms with E-state index < -0.39 is 0 Å². The van der Waals surface area contributed by atoms with Gasteiger partial charge >= 0.3 is 6.03 Å². The van der Waals surface area contributed by atoms with Crippen LogP contribution < -0.4 is 10.6 Å². The molecule has 2 amide bonds. The van der Waals surface area contributed by atoms with Gasteiger partial charge in [-0.3, -0.25) is 5.32 Å². The van der Waals surface area contributed by atoms with Crippen LogP contribution in [-0.2, 0) is 0 Å².